The molecular weight excluding hydrogens is 224 g/mol. The van der Waals surface area contributed by atoms with Gasteiger partial charge in [-0.3, -0.25) is 10.1 Å². The molecule has 1 unspecified atom stereocenters. The van der Waals surface area contributed by atoms with Gasteiger partial charge in [0.05, 0.1) is 17.0 Å². The molecule has 2 atom stereocenters. The molecule has 0 spiro atoms. The molecule has 0 amide bonds. The Balaban J connectivity index is 2.09. The zero-order valence-electron chi connectivity index (χ0n) is 8.38. The van der Waals surface area contributed by atoms with Gasteiger partial charge in [0.2, 0.25) is 0 Å². The maximum Gasteiger partial charge on any atom is 0.321 e. The van der Waals surface area contributed by atoms with Crippen LogP contribution in [0.5, 0.6) is 0 Å². The second-order valence-electron chi connectivity index (χ2n) is 3.50. The number of benzene rings is 1. The molecule has 5 heteroatoms. The summed E-state index contributed by atoms with van der Waals surface area (Å²) in [6.45, 7) is 0. The number of hydrogen-bond donors (Lipinski definition) is 2. The Bertz CT molecular complexity index is 438. The van der Waals surface area contributed by atoms with Crippen LogP contribution in [0.1, 0.15) is 16.5 Å². The Morgan fingerprint density at radius 2 is 2.19 bits per heavy atom. The van der Waals surface area contributed by atoms with Crippen molar-refractivity contribution in [3.8, 4) is 6.07 Å². The second kappa shape index (κ2) is 4.56. The average Bonchev–Trinajstić information content (AvgIpc) is 2.78. The highest BCUT2D eigenvalue weighted by Gasteiger charge is 2.30. The monoisotopic (exact) mass is 234 g/mol. The van der Waals surface area contributed by atoms with E-state index < -0.39 is 12.0 Å². The minimum absolute atomic E-state index is 0.00819. The third kappa shape index (κ3) is 2.18. The Morgan fingerprint density at radius 3 is 2.69 bits per heavy atom. The van der Waals surface area contributed by atoms with E-state index in [4.69, 9.17) is 10.4 Å². The van der Waals surface area contributed by atoms with Crippen molar-refractivity contribution in [1.29, 1.82) is 5.26 Å². The summed E-state index contributed by atoms with van der Waals surface area (Å²) in [5.74, 6) is -0.247. The van der Waals surface area contributed by atoms with E-state index in [0.29, 0.717) is 11.3 Å². The first-order valence-corrected chi connectivity index (χ1v) is 5.86. The van der Waals surface area contributed by atoms with Crippen LogP contribution in [-0.4, -0.2) is 22.9 Å². The zero-order chi connectivity index (χ0) is 11.5. The van der Waals surface area contributed by atoms with Gasteiger partial charge in [0.1, 0.15) is 6.04 Å². The molecular formula is C11H10N2O2S. The fourth-order valence-electron chi connectivity index (χ4n) is 1.54. The number of nitriles is 1. The molecule has 0 saturated carbocycles. The van der Waals surface area contributed by atoms with Gasteiger partial charge in [0.25, 0.3) is 0 Å². The summed E-state index contributed by atoms with van der Waals surface area (Å²) in [7, 11) is 0. The van der Waals surface area contributed by atoms with Crippen molar-refractivity contribution in [1.82, 2.24) is 5.32 Å². The van der Waals surface area contributed by atoms with E-state index in [9.17, 15) is 4.79 Å². The van der Waals surface area contributed by atoms with E-state index in [1.54, 1.807) is 23.9 Å². The Morgan fingerprint density at radius 1 is 1.50 bits per heavy atom. The average molecular weight is 234 g/mol. The minimum Gasteiger partial charge on any atom is -0.480 e. The van der Waals surface area contributed by atoms with Gasteiger partial charge in [-0.15, -0.1) is 11.8 Å². The summed E-state index contributed by atoms with van der Waals surface area (Å²) in [6.07, 6.45) is 0. The van der Waals surface area contributed by atoms with Crippen LogP contribution in [0.25, 0.3) is 0 Å². The molecule has 4 nitrogen and oxygen atoms in total. The maximum atomic E-state index is 10.8. The van der Waals surface area contributed by atoms with E-state index in [2.05, 4.69) is 11.4 Å². The van der Waals surface area contributed by atoms with Gasteiger partial charge in [-0.2, -0.15) is 5.26 Å². The van der Waals surface area contributed by atoms with Crippen LogP contribution in [0, 0.1) is 11.3 Å². The highest BCUT2D eigenvalue weighted by Crippen LogP contribution is 2.32. The van der Waals surface area contributed by atoms with Gasteiger partial charge >= 0.3 is 5.97 Å². The Labute approximate surface area is 97.3 Å². The number of hydrogen-bond acceptors (Lipinski definition) is 4. The molecule has 2 N–H and O–H groups in total. The predicted molar refractivity (Wildman–Crippen MR) is 60.9 cm³/mol. The first-order valence-electron chi connectivity index (χ1n) is 4.81. The molecule has 0 aliphatic carbocycles. The lowest BCUT2D eigenvalue weighted by atomic mass is 10.1. The molecule has 1 aromatic carbocycles. The number of thioether (sulfide) groups is 1. The predicted octanol–water partition coefficient (Wildman–Crippen LogP) is 1.35. The number of rotatable bonds is 2. The second-order valence-corrected chi connectivity index (χ2v) is 4.64. The van der Waals surface area contributed by atoms with Crippen LogP contribution in [0.3, 0.4) is 0 Å². The summed E-state index contributed by atoms with van der Waals surface area (Å²) >= 11 is 1.57. The van der Waals surface area contributed by atoms with Crippen molar-refractivity contribution < 1.29 is 9.90 Å². The normalized spacial score (nSPS) is 23.9. The third-order valence-corrected chi connectivity index (χ3v) is 3.69. The van der Waals surface area contributed by atoms with Crippen LogP contribution in [0.2, 0.25) is 0 Å². The molecule has 1 aliphatic heterocycles. The smallest absolute Gasteiger partial charge is 0.321 e. The molecule has 1 fully saturated rings. The summed E-state index contributed by atoms with van der Waals surface area (Å²) in [5, 5.41) is 20.5. The van der Waals surface area contributed by atoms with Gasteiger partial charge in [-0.1, -0.05) is 12.1 Å². The van der Waals surface area contributed by atoms with Gasteiger partial charge in [-0.05, 0) is 17.7 Å². The summed E-state index contributed by atoms with van der Waals surface area (Å²) in [5.41, 5.74) is 1.62. The standard InChI is InChI=1S/C11H10N2O2S/c12-5-7-1-3-8(4-2-7)10-13-9(6-16-10)11(14)15/h1-4,9-10,13H,6H2,(H,14,15)/t9?,10-/m1/s1. The first-order chi connectivity index (χ1) is 7.70. The van der Waals surface area contributed by atoms with E-state index in [1.807, 2.05) is 12.1 Å². The first kappa shape index (κ1) is 11.0. The van der Waals surface area contributed by atoms with Crippen molar-refractivity contribution in [3.05, 3.63) is 35.4 Å². The van der Waals surface area contributed by atoms with Crippen LogP contribution in [0.4, 0.5) is 0 Å². The van der Waals surface area contributed by atoms with Crippen molar-refractivity contribution in [3.63, 3.8) is 0 Å². The molecule has 1 saturated heterocycles. The number of aliphatic carboxylic acids is 1. The van der Waals surface area contributed by atoms with Gasteiger partial charge in [0, 0.05) is 5.75 Å². The minimum atomic E-state index is -0.816. The molecule has 1 aromatic rings. The largest absolute Gasteiger partial charge is 0.480 e. The number of nitrogens with one attached hydrogen (secondary N) is 1. The van der Waals surface area contributed by atoms with Crippen LogP contribution >= 0.6 is 11.8 Å². The Hall–Kier alpha value is -1.51. The van der Waals surface area contributed by atoms with Gasteiger partial charge in [-0.25, -0.2) is 0 Å². The number of nitrogens with zero attached hydrogens (tertiary/aromatic N) is 1. The van der Waals surface area contributed by atoms with Crippen LogP contribution in [-0.2, 0) is 4.79 Å². The fourth-order valence-corrected chi connectivity index (χ4v) is 2.77. The highest BCUT2D eigenvalue weighted by molar-refractivity contribution is 7.99. The van der Waals surface area contributed by atoms with Gasteiger partial charge < -0.3 is 5.11 Å². The SMILES string of the molecule is N#Cc1ccc([C@@H]2NC(C(=O)O)CS2)cc1. The summed E-state index contributed by atoms with van der Waals surface area (Å²) in [4.78, 5) is 10.8. The maximum absolute atomic E-state index is 10.8. The lowest BCUT2D eigenvalue weighted by Crippen LogP contribution is -2.33. The Kier molecular flexibility index (Phi) is 3.13. The highest BCUT2D eigenvalue weighted by atomic mass is 32.2. The van der Waals surface area contributed by atoms with Crippen molar-refractivity contribution in [2.75, 3.05) is 5.75 Å². The van der Waals surface area contributed by atoms with Crippen molar-refractivity contribution >= 4 is 17.7 Å². The lowest BCUT2D eigenvalue weighted by molar-refractivity contribution is -0.138. The summed E-state index contributed by atoms with van der Waals surface area (Å²) < 4.78 is 0. The van der Waals surface area contributed by atoms with E-state index >= 15 is 0 Å². The molecule has 82 valence electrons. The molecule has 0 aromatic heterocycles. The van der Waals surface area contributed by atoms with Crippen molar-refractivity contribution in [2.45, 2.75) is 11.4 Å². The topological polar surface area (TPSA) is 73.1 Å². The molecule has 2 rings (SSSR count). The molecule has 1 heterocycles. The van der Waals surface area contributed by atoms with Gasteiger partial charge in [0.15, 0.2) is 0 Å². The van der Waals surface area contributed by atoms with E-state index in [-0.39, 0.29) is 5.37 Å². The zero-order valence-corrected chi connectivity index (χ0v) is 9.20. The molecule has 16 heavy (non-hydrogen) atoms. The molecule has 0 bridgehead atoms. The number of carboxylic acids is 1. The molecule has 1 aliphatic rings. The lowest BCUT2D eigenvalue weighted by Gasteiger charge is -2.10. The number of carbonyl (C=O) groups is 1. The van der Waals surface area contributed by atoms with Crippen molar-refractivity contribution in [2.24, 2.45) is 0 Å². The summed E-state index contributed by atoms with van der Waals surface area (Å²) in [6, 6.07) is 8.76. The van der Waals surface area contributed by atoms with Crippen LogP contribution in [0.15, 0.2) is 24.3 Å². The molecule has 0 radical (unpaired) electrons. The fraction of sp³-hybridized carbons (Fsp3) is 0.273. The van der Waals surface area contributed by atoms with E-state index in [0.717, 1.165) is 5.56 Å². The third-order valence-electron chi connectivity index (χ3n) is 2.42. The quantitative estimate of drug-likeness (QED) is 0.808. The van der Waals surface area contributed by atoms with Crippen LogP contribution < -0.4 is 5.32 Å². The van der Waals surface area contributed by atoms with E-state index in [1.165, 1.54) is 0 Å². The number of carboxylic acid groups (broad SMARTS) is 1.